The van der Waals surface area contributed by atoms with Crippen molar-refractivity contribution in [2.45, 2.75) is 32.9 Å². The summed E-state index contributed by atoms with van der Waals surface area (Å²) in [6.07, 6.45) is 0. The molecule has 2 N–H and O–H groups in total. The Morgan fingerprint density at radius 2 is 2.04 bits per heavy atom. The van der Waals surface area contributed by atoms with E-state index in [0.717, 1.165) is 16.3 Å². The molecule has 1 aromatic heterocycles. The topological polar surface area (TPSA) is 49.3 Å². The lowest BCUT2D eigenvalue weighted by Crippen LogP contribution is -2.36. The van der Waals surface area contributed by atoms with E-state index in [1.807, 2.05) is 6.07 Å². The van der Waals surface area contributed by atoms with Gasteiger partial charge in [-0.25, -0.2) is 9.37 Å². The van der Waals surface area contributed by atoms with Crippen molar-refractivity contribution in [3.63, 3.8) is 0 Å². The number of benzene rings is 1. The average molecular weight is 448 g/mol. The van der Waals surface area contributed by atoms with Crippen LogP contribution in [0.1, 0.15) is 36.0 Å². The predicted molar refractivity (Wildman–Crippen MR) is 105 cm³/mol. The molecule has 2 rings (SSSR count). The Morgan fingerprint density at radius 3 is 2.65 bits per heavy atom. The first-order valence-corrected chi connectivity index (χ1v) is 8.09. The number of nitrogens with zero attached hydrogens (tertiary/aromatic N) is 2. The smallest absolute Gasteiger partial charge is 0.191 e. The van der Waals surface area contributed by atoms with E-state index in [9.17, 15) is 4.39 Å². The van der Waals surface area contributed by atoms with Gasteiger partial charge in [0, 0.05) is 19.0 Å². The summed E-state index contributed by atoms with van der Waals surface area (Å²) >= 11 is 1.64. The Kier molecular flexibility index (Phi) is 8.46. The van der Waals surface area contributed by atoms with Crippen LogP contribution in [0.4, 0.5) is 4.39 Å². The molecule has 0 fully saturated rings. The lowest BCUT2D eigenvalue weighted by molar-refractivity contribution is 0.624. The minimum Gasteiger partial charge on any atom is -0.352 e. The zero-order chi connectivity index (χ0) is 15.9. The maximum Gasteiger partial charge on any atom is 0.191 e. The first-order chi connectivity index (χ1) is 10.6. The fraction of sp³-hybridized carbons (Fsp3) is 0.375. The van der Waals surface area contributed by atoms with Crippen molar-refractivity contribution in [3.8, 4) is 0 Å². The highest BCUT2D eigenvalue weighted by Crippen LogP contribution is 2.17. The third-order valence-electron chi connectivity index (χ3n) is 3.14. The fourth-order valence-electron chi connectivity index (χ4n) is 1.88. The van der Waals surface area contributed by atoms with Crippen LogP contribution in [0.15, 0.2) is 34.6 Å². The third kappa shape index (κ3) is 6.42. The Morgan fingerprint density at radius 1 is 1.30 bits per heavy atom. The minimum absolute atomic E-state index is 0. The van der Waals surface area contributed by atoms with Crippen molar-refractivity contribution in [2.75, 3.05) is 7.05 Å². The van der Waals surface area contributed by atoms with Crippen molar-refractivity contribution in [1.82, 2.24) is 15.6 Å². The van der Waals surface area contributed by atoms with Crippen LogP contribution in [0.3, 0.4) is 0 Å². The molecule has 0 spiro atoms. The molecule has 2 aromatic rings. The van der Waals surface area contributed by atoms with Crippen molar-refractivity contribution >= 4 is 41.3 Å². The van der Waals surface area contributed by atoms with Crippen LogP contribution in [0.25, 0.3) is 0 Å². The first kappa shape index (κ1) is 19.8. The molecule has 0 bridgehead atoms. The Hall–Kier alpha value is -1.22. The zero-order valence-corrected chi connectivity index (χ0v) is 16.6. The van der Waals surface area contributed by atoms with Gasteiger partial charge in [-0.05, 0) is 23.6 Å². The summed E-state index contributed by atoms with van der Waals surface area (Å²) in [5.41, 5.74) is 1.99. The Labute approximate surface area is 157 Å². The van der Waals surface area contributed by atoms with Gasteiger partial charge in [-0.1, -0.05) is 26.0 Å². The van der Waals surface area contributed by atoms with Crippen LogP contribution < -0.4 is 10.6 Å². The lowest BCUT2D eigenvalue weighted by Gasteiger charge is -2.11. The number of rotatable bonds is 5. The van der Waals surface area contributed by atoms with Gasteiger partial charge in [0.1, 0.15) is 10.8 Å². The highest BCUT2D eigenvalue weighted by Gasteiger charge is 2.06. The average Bonchev–Trinajstić information content (AvgIpc) is 2.97. The number of hydrogen-bond donors (Lipinski definition) is 2. The first-order valence-electron chi connectivity index (χ1n) is 7.21. The molecule has 7 heteroatoms. The molecule has 0 saturated carbocycles. The minimum atomic E-state index is -0.230. The van der Waals surface area contributed by atoms with Crippen LogP contribution in [0.2, 0.25) is 0 Å². The zero-order valence-electron chi connectivity index (χ0n) is 13.5. The molecule has 0 atom stereocenters. The molecule has 0 amide bonds. The second kappa shape index (κ2) is 9.82. The van der Waals surface area contributed by atoms with Crippen molar-refractivity contribution in [1.29, 1.82) is 0 Å². The van der Waals surface area contributed by atoms with Crippen molar-refractivity contribution in [2.24, 2.45) is 4.99 Å². The molecule has 0 radical (unpaired) electrons. The van der Waals surface area contributed by atoms with Gasteiger partial charge in [0.05, 0.1) is 12.2 Å². The number of thiazole rings is 1. The molecule has 126 valence electrons. The number of hydrogen-bond acceptors (Lipinski definition) is 3. The number of halogens is 2. The quantitative estimate of drug-likeness (QED) is 0.415. The summed E-state index contributed by atoms with van der Waals surface area (Å²) in [4.78, 5) is 8.73. The molecule has 0 aliphatic carbocycles. The summed E-state index contributed by atoms with van der Waals surface area (Å²) < 4.78 is 13.1. The summed E-state index contributed by atoms with van der Waals surface area (Å²) in [7, 11) is 1.71. The molecule has 1 aromatic carbocycles. The van der Waals surface area contributed by atoms with Gasteiger partial charge < -0.3 is 10.6 Å². The van der Waals surface area contributed by atoms with E-state index in [4.69, 9.17) is 0 Å². The molecule has 1 heterocycles. The van der Waals surface area contributed by atoms with E-state index in [0.29, 0.717) is 25.0 Å². The maximum atomic E-state index is 13.1. The van der Waals surface area contributed by atoms with Crippen molar-refractivity contribution < 1.29 is 4.39 Å². The maximum absolute atomic E-state index is 13.1. The van der Waals surface area contributed by atoms with Crippen LogP contribution >= 0.6 is 35.3 Å². The molecule has 23 heavy (non-hydrogen) atoms. The molecular weight excluding hydrogens is 426 g/mol. The molecule has 0 unspecified atom stereocenters. The number of guanidine groups is 1. The van der Waals surface area contributed by atoms with E-state index >= 15 is 0 Å². The van der Waals surface area contributed by atoms with Crippen LogP contribution in [0, 0.1) is 5.82 Å². The monoisotopic (exact) mass is 448 g/mol. The van der Waals surface area contributed by atoms with E-state index in [-0.39, 0.29) is 29.8 Å². The van der Waals surface area contributed by atoms with Gasteiger partial charge in [-0.15, -0.1) is 35.3 Å². The molecule has 0 saturated heterocycles. The standard InChI is InChI=1S/C16H21FN4S.HI/c1-11(2)14-10-22-15(21-14)9-20-16(18-3)19-8-12-5-4-6-13(17)7-12;/h4-7,10-11H,8-9H2,1-3H3,(H2,18,19,20);1H. The summed E-state index contributed by atoms with van der Waals surface area (Å²) in [6, 6.07) is 6.52. The fourth-order valence-corrected chi connectivity index (χ4v) is 2.78. The Bertz CT molecular complexity index is 643. The molecular formula is C16H22FIN4S. The van der Waals surface area contributed by atoms with Crippen LogP contribution in [0.5, 0.6) is 0 Å². The molecule has 0 aliphatic heterocycles. The van der Waals surface area contributed by atoms with E-state index in [1.54, 1.807) is 24.5 Å². The highest BCUT2D eigenvalue weighted by molar-refractivity contribution is 14.0. The summed E-state index contributed by atoms with van der Waals surface area (Å²) in [5, 5.41) is 9.49. The largest absolute Gasteiger partial charge is 0.352 e. The Balaban J connectivity index is 0.00000264. The third-order valence-corrected chi connectivity index (χ3v) is 4.01. The van der Waals surface area contributed by atoms with Gasteiger partial charge in [0.2, 0.25) is 0 Å². The number of nitrogens with one attached hydrogen (secondary N) is 2. The summed E-state index contributed by atoms with van der Waals surface area (Å²) in [6.45, 7) is 5.41. The molecule has 0 aliphatic rings. The number of aromatic nitrogens is 1. The predicted octanol–water partition coefficient (Wildman–Crippen LogP) is 3.89. The number of aliphatic imine (C=N–C) groups is 1. The van der Waals surface area contributed by atoms with Crippen LogP contribution in [-0.4, -0.2) is 18.0 Å². The second-order valence-electron chi connectivity index (χ2n) is 5.23. The van der Waals surface area contributed by atoms with Gasteiger partial charge in [0.15, 0.2) is 5.96 Å². The van der Waals surface area contributed by atoms with Gasteiger partial charge in [-0.2, -0.15) is 0 Å². The van der Waals surface area contributed by atoms with Crippen LogP contribution in [-0.2, 0) is 13.1 Å². The van der Waals surface area contributed by atoms with E-state index < -0.39 is 0 Å². The van der Waals surface area contributed by atoms with E-state index in [1.165, 1.54) is 12.1 Å². The van der Waals surface area contributed by atoms with E-state index in [2.05, 4.69) is 39.8 Å². The summed E-state index contributed by atoms with van der Waals surface area (Å²) in [5.74, 6) is 0.882. The SMILES string of the molecule is CN=C(NCc1cccc(F)c1)NCc1nc(C(C)C)cs1.I. The van der Waals surface area contributed by atoms with Gasteiger partial charge >= 0.3 is 0 Å². The van der Waals surface area contributed by atoms with Gasteiger partial charge in [-0.3, -0.25) is 4.99 Å². The normalized spacial score (nSPS) is 11.3. The van der Waals surface area contributed by atoms with Crippen molar-refractivity contribution in [3.05, 3.63) is 51.7 Å². The lowest BCUT2D eigenvalue weighted by atomic mass is 10.2. The molecule has 4 nitrogen and oxygen atoms in total. The highest BCUT2D eigenvalue weighted by atomic mass is 127. The second-order valence-corrected chi connectivity index (χ2v) is 6.17. The van der Waals surface area contributed by atoms with Gasteiger partial charge in [0.25, 0.3) is 0 Å².